The van der Waals surface area contributed by atoms with Gasteiger partial charge in [0.15, 0.2) is 16.9 Å². The van der Waals surface area contributed by atoms with E-state index in [0.29, 0.717) is 16.6 Å². The number of aromatic amines is 1. The second-order valence-corrected chi connectivity index (χ2v) is 7.87. The number of imidazole rings is 1. The first kappa shape index (κ1) is 19.9. The van der Waals surface area contributed by atoms with Crippen molar-refractivity contribution in [2.24, 2.45) is 5.10 Å². The van der Waals surface area contributed by atoms with Gasteiger partial charge in [-0.15, -0.1) is 0 Å². The van der Waals surface area contributed by atoms with Gasteiger partial charge in [0.1, 0.15) is 11.5 Å². The molecule has 7 nitrogen and oxygen atoms in total. The van der Waals surface area contributed by atoms with E-state index >= 15 is 0 Å². The number of amides is 1. The summed E-state index contributed by atoms with van der Waals surface area (Å²) in [6.07, 6.45) is 1.44. The van der Waals surface area contributed by atoms with Gasteiger partial charge in [-0.2, -0.15) is 5.10 Å². The van der Waals surface area contributed by atoms with Crippen molar-refractivity contribution in [3.8, 4) is 5.75 Å². The average Bonchev–Trinajstić information content (AvgIpc) is 3.44. The van der Waals surface area contributed by atoms with Crippen LogP contribution in [0.2, 0.25) is 0 Å². The molecule has 0 fully saturated rings. The number of hydrogen-bond acceptors (Lipinski definition) is 6. The number of nitrogens with one attached hydrogen (secondary N) is 2. The minimum absolute atomic E-state index is 0.142. The number of carbonyl (C=O) groups is 1. The van der Waals surface area contributed by atoms with Crippen molar-refractivity contribution >= 4 is 45.7 Å². The Hall–Kier alpha value is -4.04. The van der Waals surface area contributed by atoms with Gasteiger partial charge in [-0.3, -0.25) is 4.79 Å². The van der Waals surface area contributed by atoms with Crippen LogP contribution in [-0.2, 0) is 4.79 Å². The molecule has 0 atom stereocenters. The van der Waals surface area contributed by atoms with E-state index in [0.717, 1.165) is 27.0 Å². The van der Waals surface area contributed by atoms with Crippen LogP contribution in [0.15, 0.2) is 98.6 Å². The highest BCUT2D eigenvalue weighted by Gasteiger charge is 2.08. The fourth-order valence-corrected chi connectivity index (χ4v) is 3.97. The van der Waals surface area contributed by atoms with Crippen LogP contribution in [0.4, 0.5) is 0 Å². The fourth-order valence-electron chi connectivity index (χ4n) is 3.20. The van der Waals surface area contributed by atoms with E-state index in [9.17, 15) is 4.79 Å². The number of hydrazone groups is 1. The highest BCUT2D eigenvalue weighted by Crippen LogP contribution is 2.28. The van der Waals surface area contributed by atoms with Crippen LogP contribution in [0.3, 0.4) is 0 Å². The molecule has 2 N–H and O–H groups in total. The highest BCUT2D eigenvalue weighted by molar-refractivity contribution is 7.99. The lowest BCUT2D eigenvalue weighted by Crippen LogP contribution is -2.24. The van der Waals surface area contributed by atoms with Crippen molar-refractivity contribution in [1.29, 1.82) is 0 Å². The smallest absolute Gasteiger partial charge is 0.277 e. The van der Waals surface area contributed by atoms with E-state index < -0.39 is 0 Å². The number of hydrogen-bond donors (Lipinski definition) is 2. The molecule has 0 saturated heterocycles. The molecule has 8 heteroatoms. The highest BCUT2D eigenvalue weighted by atomic mass is 32.2. The predicted molar refractivity (Wildman–Crippen MR) is 124 cm³/mol. The number of rotatable bonds is 7. The van der Waals surface area contributed by atoms with Crippen LogP contribution in [0, 0.1) is 0 Å². The van der Waals surface area contributed by atoms with Gasteiger partial charge in [-0.1, -0.05) is 48.5 Å². The number of aromatic nitrogens is 2. The molecule has 32 heavy (non-hydrogen) atoms. The molecule has 1 amide bonds. The zero-order valence-corrected chi connectivity index (χ0v) is 17.6. The zero-order chi connectivity index (χ0) is 21.8. The van der Waals surface area contributed by atoms with Gasteiger partial charge >= 0.3 is 0 Å². The quantitative estimate of drug-likeness (QED) is 0.274. The number of fused-ring (bicyclic) bond motifs is 2. The van der Waals surface area contributed by atoms with Crippen LogP contribution >= 0.6 is 11.8 Å². The van der Waals surface area contributed by atoms with Gasteiger partial charge in [0, 0.05) is 5.39 Å². The van der Waals surface area contributed by atoms with Crippen molar-refractivity contribution in [3.63, 3.8) is 0 Å². The first-order chi connectivity index (χ1) is 15.7. The van der Waals surface area contributed by atoms with Gasteiger partial charge in [0.2, 0.25) is 0 Å². The molecule has 0 aliphatic carbocycles. The van der Waals surface area contributed by atoms with E-state index in [2.05, 4.69) is 20.5 Å². The molecule has 0 spiro atoms. The summed E-state index contributed by atoms with van der Waals surface area (Å²) in [5, 5.41) is 7.35. The summed E-state index contributed by atoms with van der Waals surface area (Å²) >= 11 is 1.38. The zero-order valence-electron chi connectivity index (χ0n) is 16.8. The van der Waals surface area contributed by atoms with Gasteiger partial charge in [0.05, 0.1) is 17.2 Å². The predicted octanol–water partition coefficient (Wildman–Crippen LogP) is 4.99. The molecule has 0 aliphatic rings. The van der Waals surface area contributed by atoms with Gasteiger partial charge < -0.3 is 14.1 Å². The van der Waals surface area contributed by atoms with E-state index in [1.54, 1.807) is 6.07 Å². The Morgan fingerprint density at radius 3 is 2.84 bits per heavy atom. The van der Waals surface area contributed by atoms with Crippen LogP contribution < -0.4 is 10.2 Å². The second-order valence-electron chi connectivity index (χ2n) is 6.88. The first-order valence-corrected chi connectivity index (χ1v) is 10.7. The molecule has 5 aromatic rings. The molecule has 158 valence electrons. The standard InChI is InChI=1S/C24H18N4O3S/c29-22(15-30-21-11-5-7-16-6-1-2-8-18(16)21)28-25-14-17-12-13-23(31-17)32-24-26-19-9-3-4-10-20(19)27-24/h1-14H,15H2,(H,26,27)(H,28,29)/b25-14+. The summed E-state index contributed by atoms with van der Waals surface area (Å²) in [6.45, 7) is -0.142. The molecular formula is C24H18N4O3S. The van der Waals surface area contributed by atoms with Gasteiger partial charge in [0.25, 0.3) is 5.91 Å². The first-order valence-electron chi connectivity index (χ1n) is 9.89. The summed E-state index contributed by atoms with van der Waals surface area (Å²) in [5.41, 5.74) is 4.32. The Balaban J connectivity index is 1.15. The Kier molecular flexibility index (Phi) is 5.59. The number of ether oxygens (including phenoxy) is 1. The van der Waals surface area contributed by atoms with E-state index in [1.807, 2.05) is 72.8 Å². The molecule has 0 radical (unpaired) electrons. The summed E-state index contributed by atoms with van der Waals surface area (Å²) < 4.78 is 11.4. The Morgan fingerprint density at radius 1 is 1.06 bits per heavy atom. The van der Waals surface area contributed by atoms with Crippen molar-refractivity contribution in [2.45, 2.75) is 10.2 Å². The number of furan rings is 1. The minimum atomic E-state index is -0.363. The maximum atomic E-state index is 12.1. The number of H-pyrrole nitrogens is 1. The maximum Gasteiger partial charge on any atom is 0.277 e. The van der Waals surface area contributed by atoms with Crippen molar-refractivity contribution < 1.29 is 13.9 Å². The minimum Gasteiger partial charge on any atom is -0.483 e. The Labute approximate surface area is 187 Å². The third-order valence-electron chi connectivity index (χ3n) is 4.66. The van der Waals surface area contributed by atoms with E-state index in [1.165, 1.54) is 18.0 Å². The van der Waals surface area contributed by atoms with Crippen molar-refractivity contribution in [2.75, 3.05) is 6.61 Å². The van der Waals surface area contributed by atoms with Crippen LogP contribution in [0.5, 0.6) is 5.75 Å². The lowest BCUT2D eigenvalue weighted by Gasteiger charge is -2.08. The van der Waals surface area contributed by atoms with Crippen molar-refractivity contribution in [1.82, 2.24) is 15.4 Å². The summed E-state index contributed by atoms with van der Waals surface area (Å²) in [6, 6.07) is 25.0. The number of para-hydroxylation sites is 2. The van der Waals surface area contributed by atoms with Crippen LogP contribution in [-0.4, -0.2) is 28.7 Å². The maximum absolute atomic E-state index is 12.1. The Bertz CT molecular complexity index is 1380. The molecule has 5 rings (SSSR count). The van der Waals surface area contributed by atoms with E-state index in [4.69, 9.17) is 9.15 Å². The summed E-state index contributed by atoms with van der Waals surface area (Å²) in [7, 11) is 0. The molecule has 2 heterocycles. The fraction of sp³-hybridized carbons (Fsp3) is 0.0417. The second kappa shape index (κ2) is 8.99. The van der Waals surface area contributed by atoms with Crippen LogP contribution in [0.1, 0.15) is 5.76 Å². The summed E-state index contributed by atoms with van der Waals surface area (Å²) in [4.78, 5) is 19.8. The number of carbonyl (C=O) groups excluding carboxylic acids is 1. The van der Waals surface area contributed by atoms with E-state index in [-0.39, 0.29) is 12.5 Å². The average molecular weight is 443 g/mol. The molecule has 2 aromatic heterocycles. The van der Waals surface area contributed by atoms with Gasteiger partial charge in [-0.05, 0) is 47.5 Å². The monoisotopic (exact) mass is 442 g/mol. The van der Waals surface area contributed by atoms with Gasteiger partial charge in [-0.25, -0.2) is 10.4 Å². The topological polar surface area (TPSA) is 92.5 Å². The third kappa shape index (κ3) is 4.50. The van der Waals surface area contributed by atoms with Crippen molar-refractivity contribution in [3.05, 3.63) is 84.6 Å². The molecule has 0 aliphatic heterocycles. The SMILES string of the molecule is O=C(COc1cccc2ccccc12)N/N=C/c1ccc(Sc2nc3ccccc3[nH]2)o1. The lowest BCUT2D eigenvalue weighted by atomic mass is 10.1. The number of benzene rings is 3. The summed E-state index contributed by atoms with van der Waals surface area (Å²) in [5.74, 6) is 0.803. The lowest BCUT2D eigenvalue weighted by molar-refractivity contribution is -0.123. The van der Waals surface area contributed by atoms with Crippen LogP contribution in [0.25, 0.3) is 21.8 Å². The molecule has 0 saturated carbocycles. The normalized spacial score (nSPS) is 11.4. The Morgan fingerprint density at radius 2 is 1.91 bits per heavy atom. The largest absolute Gasteiger partial charge is 0.483 e. The molecule has 0 unspecified atom stereocenters. The molecule has 3 aromatic carbocycles. The number of nitrogens with zero attached hydrogens (tertiary/aromatic N) is 2. The third-order valence-corrected chi connectivity index (χ3v) is 5.46. The molecular weight excluding hydrogens is 424 g/mol. The molecule has 0 bridgehead atoms.